The molecule has 0 spiro atoms. The van der Waals surface area contributed by atoms with E-state index in [0.717, 1.165) is 5.69 Å². The van der Waals surface area contributed by atoms with Gasteiger partial charge in [0.2, 0.25) is 5.91 Å². The van der Waals surface area contributed by atoms with Crippen LogP contribution in [0.5, 0.6) is 0 Å². The number of thioether (sulfide) groups is 1. The molecule has 5 heteroatoms. The molecular formula is C24H30ClNO2S. The van der Waals surface area contributed by atoms with Crippen LogP contribution in [0.2, 0.25) is 0 Å². The number of rotatable bonds is 10. The van der Waals surface area contributed by atoms with E-state index in [1.54, 1.807) is 30.9 Å². The molecule has 1 rings (SSSR count). The lowest BCUT2D eigenvalue weighted by atomic mass is 9.73. The van der Waals surface area contributed by atoms with Gasteiger partial charge in [0.15, 0.2) is 5.78 Å². The maximum Gasteiger partial charge on any atom is 0.246 e. The highest BCUT2D eigenvalue weighted by atomic mass is 35.5. The molecule has 0 heterocycles. The monoisotopic (exact) mass is 431 g/mol. The molecule has 156 valence electrons. The van der Waals surface area contributed by atoms with E-state index in [1.807, 2.05) is 50.4 Å². The summed E-state index contributed by atoms with van der Waals surface area (Å²) in [6.07, 6.45) is 5.26. The van der Waals surface area contributed by atoms with Gasteiger partial charge in [-0.2, -0.15) is 11.8 Å². The molecule has 0 saturated carbocycles. The number of para-hydroxylation sites is 1. The Bertz CT molecular complexity index is 842. The molecule has 1 aromatic carbocycles. The smallest absolute Gasteiger partial charge is 0.246 e. The normalized spacial score (nSPS) is 14.1. The minimum absolute atomic E-state index is 0.263. The number of allylic oxidation sites excluding steroid dienone is 5. The van der Waals surface area contributed by atoms with Gasteiger partial charge < -0.3 is 4.90 Å². The van der Waals surface area contributed by atoms with Crippen LogP contribution in [-0.4, -0.2) is 30.2 Å². The molecule has 29 heavy (non-hydrogen) atoms. The van der Waals surface area contributed by atoms with Crippen molar-refractivity contribution in [1.29, 1.82) is 0 Å². The van der Waals surface area contributed by atoms with E-state index in [2.05, 4.69) is 13.2 Å². The van der Waals surface area contributed by atoms with Crippen molar-refractivity contribution in [2.45, 2.75) is 27.7 Å². The fraction of sp³-hybridized carbons (Fsp3) is 0.333. The first-order valence-corrected chi connectivity index (χ1v) is 11.2. The van der Waals surface area contributed by atoms with Crippen LogP contribution < -0.4 is 4.90 Å². The van der Waals surface area contributed by atoms with E-state index in [-0.39, 0.29) is 28.0 Å². The predicted octanol–water partition coefficient (Wildman–Crippen LogP) is 6.18. The number of anilines is 1. The summed E-state index contributed by atoms with van der Waals surface area (Å²) in [4.78, 5) is 29.4. The highest BCUT2D eigenvalue weighted by Crippen LogP contribution is 2.39. The van der Waals surface area contributed by atoms with Gasteiger partial charge >= 0.3 is 0 Å². The van der Waals surface area contributed by atoms with E-state index in [1.165, 1.54) is 11.8 Å². The van der Waals surface area contributed by atoms with Gasteiger partial charge in [0.25, 0.3) is 0 Å². The van der Waals surface area contributed by atoms with Gasteiger partial charge in [-0.15, -0.1) is 0 Å². The van der Waals surface area contributed by atoms with Crippen molar-refractivity contribution in [3.8, 4) is 0 Å². The maximum atomic E-state index is 13.9. The Hall–Kier alpha value is -2.04. The summed E-state index contributed by atoms with van der Waals surface area (Å²) in [7, 11) is 0. The second-order valence-corrected chi connectivity index (χ2v) is 8.11. The van der Waals surface area contributed by atoms with Crippen molar-refractivity contribution >= 4 is 40.7 Å². The first-order chi connectivity index (χ1) is 13.7. The zero-order valence-electron chi connectivity index (χ0n) is 17.9. The molecule has 0 saturated heterocycles. The highest BCUT2D eigenvalue weighted by Gasteiger charge is 2.50. The van der Waals surface area contributed by atoms with Crippen molar-refractivity contribution in [1.82, 2.24) is 0 Å². The molecule has 1 aromatic rings. The molecule has 0 aliphatic rings. The summed E-state index contributed by atoms with van der Waals surface area (Å²) in [5.41, 5.74) is 0.556. The topological polar surface area (TPSA) is 37.4 Å². The number of benzene rings is 1. The van der Waals surface area contributed by atoms with Gasteiger partial charge in [-0.05, 0) is 57.7 Å². The van der Waals surface area contributed by atoms with Crippen LogP contribution in [0, 0.1) is 5.41 Å². The minimum atomic E-state index is -1.44. The van der Waals surface area contributed by atoms with Crippen molar-refractivity contribution in [3.05, 3.63) is 77.4 Å². The number of hydrogen-bond acceptors (Lipinski definition) is 3. The molecule has 3 nitrogen and oxygen atoms in total. The molecule has 0 fully saturated rings. The fourth-order valence-corrected chi connectivity index (χ4v) is 4.48. The van der Waals surface area contributed by atoms with Gasteiger partial charge in [-0.1, -0.05) is 54.6 Å². The number of amides is 1. The summed E-state index contributed by atoms with van der Waals surface area (Å²) < 4.78 is 0. The number of carbonyl (C=O) groups excluding carboxylic acids is 2. The first-order valence-electron chi connectivity index (χ1n) is 9.44. The number of nitrogens with zero attached hydrogens (tertiary/aromatic N) is 1. The zero-order valence-corrected chi connectivity index (χ0v) is 19.5. The molecule has 0 radical (unpaired) electrons. The summed E-state index contributed by atoms with van der Waals surface area (Å²) >= 11 is 7.86. The Morgan fingerprint density at radius 1 is 1.21 bits per heavy atom. The molecule has 0 aliphatic heterocycles. The minimum Gasteiger partial charge on any atom is -0.312 e. The Labute approximate surface area is 184 Å². The van der Waals surface area contributed by atoms with E-state index < -0.39 is 5.41 Å². The van der Waals surface area contributed by atoms with Gasteiger partial charge in [-0.3, -0.25) is 9.59 Å². The quantitative estimate of drug-likeness (QED) is 0.192. The molecule has 0 N–H and O–H groups in total. The number of Topliss-reactive ketones (excluding diaryl/α,β-unsaturated/α-hetero) is 1. The third-order valence-electron chi connectivity index (χ3n) is 4.68. The van der Waals surface area contributed by atoms with Crippen LogP contribution in [0.1, 0.15) is 27.7 Å². The predicted molar refractivity (Wildman–Crippen MR) is 128 cm³/mol. The van der Waals surface area contributed by atoms with Crippen molar-refractivity contribution < 1.29 is 9.59 Å². The molecule has 0 aromatic heterocycles. The first kappa shape index (κ1) is 25.0. The molecule has 0 bridgehead atoms. The number of ketones is 1. The number of hydrogen-bond donors (Lipinski definition) is 0. The molecule has 1 atom stereocenters. The Morgan fingerprint density at radius 2 is 1.79 bits per heavy atom. The van der Waals surface area contributed by atoms with Crippen LogP contribution in [0.15, 0.2) is 77.4 Å². The largest absolute Gasteiger partial charge is 0.312 e. The molecule has 1 unspecified atom stereocenters. The molecule has 0 aliphatic carbocycles. The number of carbonyl (C=O) groups is 2. The van der Waals surface area contributed by atoms with Crippen molar-refractivity contribution in [2.24, 2.45) is 5.41 Å². The van der Waals surface area contributed by atoms with Crippen LogP contribution >= 0.6 is 23.4 Å². The van der Waals surface area contributed by atoms with Crippen LogP contribution in [0.25, 0.3) is 0 Å². The zero-order chi connectivity index (χ0) is 22.2. The van der Waals surface area contributed by atoms with E-state index in [4.69, 9.17) is 11.6 Å². The summed E-state index contributed by atoms with van der Waals surface area (Å²) in [6.45, 7) is 15.6. The summed E-state index contributed by atoms with van der Waals surface area (Å²) in [5.74, 6) is -0.406. The lowest BCUT2D eigenvalue weighted by Gasteiger charge is -2.37. The summed E-state index contributed by atoms with van der Waals surface area (Å²) in [5, 5.41) is 0.271. The highest BCUT2D eigenvalue weighted by molar-refractivity contribution is 7.98. The standard InChI is InChI=1S/C24H30ClNO2S/c1-8-13-20(25)21(17(3)4)22(27)24(16-29-7,18(5)6)23(28)26(9-2)19-14-11-10-12-15-19/h8,10-15H,3,5,9,16H2,1-2,4,6-7H3/b13-8-,21-20-. The van der Waals surface area contributed by atoms with Crippen LogP contribution in [-0.2, 0) is 9.59 Å². The fourth-order valence-electron chi connectivity index (χ4n) is 3.17. The average molecular weight is 432 g/mol. The third-order valence-corrected chi connectivity index (χ3v) is 5.71. The SMILES string of the molecule is C=C(C)/C(C(=O)C(CSC)(C(=C)C)C(=O)N(CC)c1ccccc1)=C(Cl)\C=C/C. The van der Waals surface area contributed by atoms with Gasteiger partial charge in [0, 0.05) is 23.6 Å². The van der Waals surface area contributed by atoms with Gasteiger partial charge in [-0.25, -0.2) is 0 Å². The Kier molecular flexibility index (Phi) is 9.67. The van der Waals surface area contributed by atoms with Crippen molar-refractivity contribution in [2.75, 3.05) is 23.5 Å². The third kappa shape index (κ3) is 5.31. The Balaban J connectivity index is 3.75. The number of halogens is 1. The lowest BCUT2D eigenvalue weighted by Crippen LogP contribution is -2.52. The maximum absolute atomic E-state index is 13.9. The lowest BCUT2D eigenvalue weighted by molar-refractivity contribution is -0.134. The van der Waals surface area contributed by atoms with E-state index in [9.17, 15) is 9.59 Å². The molecule has 1 amide bonds. The van der Waals surface area contributed by atoms with E-state index >= 15 is 0 Å². The van der Waals surface area contributed by atoms with Gasteiger partial charge in [0.05, 0.1) is 5.03 Å². The average Bonchev–Trinajstić information content (AvgIpc) is 2.67. The van der Waals surface area contributed by atoms with Crippen molar-refractivity contribution in [3.63, 3.8) is 0 Å². The molecular weight excluding hydrogens is 402 g/mol. The van der Waals surface area contributed by atoms with Crippen LogP contribution in [0.3, 0.4) is 0 Å². The van der Waals surface area contributed by atoms with Gasteiger partial charge in [0.1, 0.15) is 5.41 Å². The Morgan fingerprint density at radius 3 is 2.21 bits per heavy atom. The second kappa shape index (κ2) is 11.2. The summed E-state index contributed by atoms with van der Waals surface area (Å²) in [6, 6.07) is 9.34. The van der Waals surface area contributed by atoms with E-state index in [0.29, 0.717) is 17.7 Å². The second-order valence-electron chi connectivity index (χ2n) is 6.84. The van der Waals surface area contributed by atoms with Crippen LogP contribution in [0.4, 0.5) is 5.69 Å².